The van der Waals surface area contributed by atoms with Crippen molar-refractivity contribution < 1.29 is 19.4 Å². The van der Waals surface area contributed by atoms with Crippen molar-refractivity contribution in [3.8, 4) is 17.3 Å². The van der Waals surface area contributed by atoms with Crippen LogP contribution in [0.3, 0.4) is 0 Å². The third kappa shape index (κ3) is 4.12. The number of H-pyrrole nitrogens is 1. The van der Waals surface area contributed by atoms with Crippen LogP contribution in [0.25, 0.3) is 22.4 Å². The van der Waals surface area contributed by atoms with E-state index < -0.39 is 5.97 Å². The molecule has 32 heavy (non-hydrogen) atoms. The maximum absolute atomic E-state index is 11.1. The van der Waals surface area contributed by atoms with Gasteiger partial charge in [-0.3, -0.25) is 4.79 Å². The summed E-state index contributed by atoms with van der Waals surface area (Å²) in [6, 6.07) is 10.4. The Morgan fingerprint density at radius 2 is 1.97 bits per heavy atom. The second kappa shape index (κ2) is 8.60. The number of fused-ring (bicyclic) bond motifs is 1. The van der Waals surface area contributed by atoms with Gasteiger partial charge in [-0.05, 0) is 37.0 Å². The average Bonchev–Trinajstić information content (AvgIpc) is 3.17. The Labute approximate surface area is 190 Å². The van der Waals surface area contributed by atoms with Crippen molar-refractivity contribution in [1.82, 2.24) is 15.0 Å². The Balaban J connectivity index is 1.30. The van der Waals surface area contributed by atoms with Crippen molar-refractivity contribution in [3.63, 3.8) is 0 Å². The number of aromatic amines is 1. The molecule has 2 aromatic heterocycles. The Morgan fingerprint density at radius 1 is 1.25 bits per heavy atom. The molecule has 9 heteroatoms. The van der Waals surface area contributed by atoms with Gasteiger partial charge in [0.25, 0.3) is 6.01 Å². The number of hydrogen-bond donors (Lipinski definition) is 2. The Bertz CT molecular complexity index is 1120. The fourth-order valence-corrected chi connectivity index (χ4v) is 4.54. The molecule has 1 atom stereocenters. The van der Waals surface area contributed by atoms with Crippen molar-refractivity contribution in [2.24, 2.45) is 11.8 Å². The van der Waals surface area contributed by atoms with Crippen LogP contribution in [-0.2, 0) is 9.53 Å². The van der Waals surface area contributed by atoms with E-state index in [1.165, 1.54) is 0 Å². The van der Waals surface area contributed by atoms with E-state index >= 15 is 0 Å². The zero-order valence-corrected chi connectivity index (χ0v) is 18.5. The molecular formula is C23H25ClN4O4. The summed E-state index contributed by atoms with van der Waals surface area (Å²) < 4.78 is 11.3. The number of halogens is 1. The molecule has 3 heterocycles. The minimum absolute atomic E-state index is 0.0370. The van der Waals surface area contributed by atoms with Crippen molar-refractivity contribution in [2.75, 3.05) is 31.2 Å². The molecule has 2 N–H and O–H groups in total. The van der Waals surface area contributed by atoms with Gasteiger partial charge in [0.15, 0.2) is 5.65 Å². The number of morpholine rings is 1. The SMILES string of the molecule is CC(C(=O)O)C1CC(Oc2nc3nc(-c4ccc(N5CCOCC5)cc4)c(Cl)cc3[nH]2)C1. The number of ether oxygens (including phenoxy) is 2. The number of nitrogens with one attached hydrogen (secondary N) is 1. The van der Waals surface area contributed by atoms with E-state index in [2.05, 4.69) is 32.0 Å². The molecule has 2 fully saturated rings. The highest BCUT2D eigenvalue weighted by atomic mass is 35.5. The first-order valence-corrected chi connectivity index (χ1v) is 11.2. The molecule has 2 aliphatic rings. The summed E-state index contributed by atoms with van der Waals surface area (Å²) in [5.41, 5.74) is 3.98. The lowest BCUT2D eigenvalue weighted by molar-refractivity contribution is -0.145. The number of aromatic nitrogens is 3. The molecule has 1 aliphatic carbocycles. The minimum Gasteiger partial charge on any atom is -0.481 e. The summed E-state index contributed by atoms with van der Waals surface area (Å²) in [6.45, 7) is 5.00. The molecule has 0 spiro atoms. The molecule has 5 rings (SSSR count). The number of carboxylic acids is 1. The topological polar surface area (TPSA) is 101 Å². The number of anilines is 1. The summed E-state index contributed by atoms with van der Waals surface area (Å²) >= 11 is 6.53. The summed E-state index contributed by atoms with van der Waals surface area (Å²) in [7, 11) is 0. The number of nitrogens with zero attached hydrogens (tertiary/aromatic N) is 3. The highest BCUT2D eigenvalue weighted by molar-refractivity contribution is 6.33. The smallest absolute Gasteiger partial charge is 0.306 e. The van der Waals surface area contributed by atoms with Gasteiger partial charge in [-0.1, -0.05) is 30.7 Å². The monoisotopic (exact) mass is 456 g/mol. The number of carboxylic acid groups (broad SMARTS) is 1. The lowest BCUT2D eigenvalue weighted by atomic mass is 9.74. The molecule has 3 aromatic rings. The van der Waals surface area contributed by atoms with Gasteiger partial charge in [0.05, 0.1) is 35.4 Å². The van der Waals surface area contributed by atoms with E-state index in [0.717, 1.165) is 37.6 Å². The number of carbonyl (C=O) groups is 1. The Hall–Kier alpha value is -2.84. The van der Waals surface area contributed by atoms with E-state index in [0.29, 0.717) is 40.7 Å². The van der Waals surface area contributed by atoms with Crippen LogP contribution < -0.4 is 9.64 Å². The summed E-state index contributed by atoms with van der Waals surface area (Å²) in [5.74, 6) is -0.980. The lowest BCUT2D eigenvalue weighted by Crippen LogP contribution is -2.39. The van der Waals surface area contributed by atoms with E-state index in [-0.39, 0.29) is 17.9 Å². The van der Waals surface area contributed by atoms with Gasteiger partial charge >= 0.3 is 5.97 Å². The van der Waals surface area contributed by atoms with E-state index in [1.54, 1.807) is 6.92 Å². The van der Waals surface area contributed by atoms with Crippen LogP contribution in [0.2, 0.25) is 5.02 Å². The number of imidazole rings is 1. The highest BCUT2D eigenvalue weighted by Gasteiger charge is 2.38. The second-order valence-corrected chi connectivity index (χ2v) is 8.88. The number of hydrogen-bond acceptors (Lipinski definition) is 6. The fraction of sp³-hybridized carbons (Fsp3) is 0.435. The minimum atomic E-state index is -0.762. The molecular weight excluding hydrogens is 432 g/mol. The van der Waals surface area contributed by atoms with Crippen LogP contribution in [0.1, 0.15) is 19.8 Å². The molecule has 1 unspecified atom stereocenters. The third-order valence-electron chi connectivity index (χ3n) is 6.43. The fourth-order valence-electron chi connectivity index (χ4n) is 4.28. The zero-order valence-electron chi connectivity index (χ0n) is 17.8. The van der Waals surface area contributed by atoms with Gasteiger partial charge in [-0.15, -0.1) is 0 Å². The van der Waals surface area contributed by atoms with Crippen LogP contribution in [0.5, 0.6) is 6.01 Å². The Morgan fingerprint density at radius 3 is 2.66 bits per heavy atom. The molecule has 1 saturated carbocycles. The first kappa shape index (κ1) is 21.0. The second-order valence-electron chi connectivity index (χ2n) is 8.48. The summed E-state index contributed by atoms with van der Waals surface area (Å²) in [6.07, 6.45) is 1.38. The van der Waals surface area contributed by atoms with Gasteiger partial charge in [0, 0.05) is 24.3 Å². The molecule has 0 amide bonds. The molecule has 8 nitrogen and oxygen atoms in total. The maximum Gasteiger partial charge on any atom is 0.306 e. The summed E-state index contributed by atoms with van der Waals surface area (Å²) in [5, 5.41) is 9.66. The van der Waals surface area contributed by atoms with E-state index in [9.17, 15) is 4.79 Å². The standard InChI is InChI=1S/C23H25ClN4O4/c1-13(22(29)30)15-10-17(11-15)32-23-25-19-12-18(24)20(26-21(19)27-23)14-2-4-16(5-3-14)28-6-8-31-9-7-28/h2-5,12-13,15,17H,6-11H2,1H3,(H,29,30)(H,25,26,27). The molecule has 0 bridgehead atoms. The normalized spacial score (nSPS) is 21.9. The van der Waals surface area contributed by atoms with Crippen LogP contribution >= 0.6 is 11.6 Å². The number of rotatable bonds is 6. The van der Waals surface area contributed by atoms with Crippen molar-refractivity contribution >= 4 is 34.4 Å². The first-order chi connectivity index (χ1) is 15.5. The third-order valence-corrected chi connectivity index (χ3v) is 6.72. The van der Waals surface area contributed by atoms with Crippen LogP contribution in [0, 0.1) is 11.8 Å². The zero-order chi connectivity index (χ0) is 22.2. The van der Waals surface area contributed by atoms with E-state index in [4.69, 9.17) is 26.2 Å². The largest absolute Gasteiger partial charge is 0.481 e. The number of benzene rings is 1. The van der Waals surface area contributed by atoms with Gasteiger partial charge in [0.1, 0.15) is 6.10 Å². The average molecular weight is 457 g/mol. The van der Waals surface area contributed by atoms with Crippen LogP contribution in [0.4, 0.5) is 5.69 Å². The van der Waals surface area contributed by atoms with Crippen molar-refractivity contribution in [3.05, 3.63) is 35.4 Å². The summed E-state index contributed by atoms with van der Waals surface area (Å²) in [4.78, 5) is 25.7. The number of aliphatic carboxylic acids is 1. The Kier molecular flexibility index (Phi) is 5.65. The van der Waals surface area contributed by atoms with Gasteiger partial charge in [0.2, 0.25) is 0 Å². The molecule has 1 aromatic carbocycles. The van der Waals surface area contributed by atoms with Gasteiger partial charge in [-0.25, -0.2) is 4.98 Å². The first-order valence-electron chi connectivity index (χ1n) is 10.9. The van der Waals surface area contributed by atoms with E-state index in [1.807, 2.05) is 18.2 Å². The lowest BCUT2D eigenvalue weighted by Gasteiger charge is -2.36. The highest BCUT2D eigenvalue weighted by Crippen LogP contribution is 2.37. The van der Waals surface area contributed by atoms with Gasteiger partial charge in [-0.2, -0.15) is 4.98 Å². The predicted molar refractivity (Wildman–Crippen MR) is 121 cm³/mol. The van der Waals surface area contributed by atoms with Crippen molar-refractivity contribution in [2.45, 2.75) is 25.9 Å². The van der Waals surface area contributed by atoms with Crippen LogP contribution in [0.15, 0.2) is 30.3 Å². The van der Waals surface area contributed by atoms with Crippen molar-refractivity contribution in [1.29, 1.82) is 0 Å². The van der Waals surface area contributed by atoms with Gasteiger partial charge < -0.3 is 24.5 Å². The molecule has 168 valence electrons. The molecule has 1 aliphatic heterocycles. The quantitative estimate of drug-likeness (QED) is 0.578. The predicted octanol–water partition coefficient (Wildman–Crippen LogP) is 3.99. The number of pyridine rings is 1. The van der Waals surface area contributed by atoms with Crippen LogP contribution in [-0.4, -0.2) is 58.4 Å². The maximum atomic E-state index is 11.1. The molecule has 1 saturated heterocycles. The molecule has 0 radical (unpaired) electrons.